The Balaban J connectivity index is 1.83. The third-order valence-electron chi connectivity index (χ3n) is 3.34. The minimum Gasteiger partial charge on any atom is -0.459 e. The average molecular weight is 328 g/mol. The Morgan fingerprint density at radius 1 is 1.09 bits per heavy atom. The van der Waals surface area contributed by atoms with Gasteiger partial charge in [-0.05, 0) is 36.4 Å². The van der Waals surface area contributed by atoms with Crippen LogP contribution in [0, 0.1) is 0 Å². The second-order valence-electron chi connectivity index (χ2n) is 4.94. The number of carbonyl (C=O) groups excluding carboxylic acids is 1. The standard InChI is InChI=1S/C18H14ClNO3/c19-16-7-2-1-6-15(16)18(22)20-13-5-3-4-12(10-13)17-9-8-14(11-21)23-17/h1-10,21H,11H2,(H,20,22). The fourth-order valence-corrected chi connectivity index (χ4v) is 2.43. The van der Waals surface area contributed by atoms with Crippen molar-refractivity contribution in [2.75, 3.05) is 5.32 Å². The summed E-state index contributed by atoms with van der Waals surface area (Å²) in [6.45, 7) is -0.150. The molecular formula is C18H14ClNO3. The summed E-state index contributed by atoms with van der Waals surface area (Å²) in [6, 6.07) is 17.6. The molecule has 0 aliphatic heterocycles. The van der Waals surface area contributed by atoms with Gasteiger partial charge in [0.25, 0.3) is 5.91 Å². The van der Waals surface area contributed by atoms with Crippen LogP contribution in [0.3, 0.4) is 0 Å². The summed E-state index contributed by atoms with van der Waals surface area (Å²) in [5.74, 6) is 0.844. The van der Waals surface area contributed by atoms with E-state index in [0.717, 1.165) is 5.56 Å². The second-order valence-corrected chi connectivity index (χ2v) is 5.35. The molecule has 2 N–H and O–H groups in total. The van der Waals surface area contributed by atoms with Crippen LogP contribution >= 0.6 is 11.6 Å². The molecule has 0 atom stereocenters. The van der Waals surface area contributed by atoms with E-state index in [-0.39, 0.29) is 12.5 Å². The fraction of sp³-hybridized carbons (Fsp3) is 0.0556. The Kier molecular flexibility index (Phi) is 4.46. The molecule has 1 heterocycles. The first kappa shape index (κ1) is 15.3. The van der Waals surface area contributed by atoms with E-state index in [2.05, 4.69) is 5.32 Å². The number of aliphatic hydroxyl groups excluding tert-OH is 1. The third kappa shape index (κ3) is 3.44. The molecule has 23 heavy (non-hydrogen) atoms. The van der Waals surface area contributed by atoms with Crippen molar-refractivity contribution in [3.63, 3.8) is 0 Å². The lowest BCUT2D eigenvalue weighted by Gasteiger charge is -2.08. The lowest BCUT2D eigenvalue weighted by molar-refractivity contribution is 0.102. The van der Waals surface area contributed by atoms with Gasteiger partial charge in [-0.15, -0.1) is 0 Å². The van der Waals surface area contributed by atoms with Crippen molar-refractivity contribution in [3.05, 3.63) is 77.0 Å². The summed E-state index contributed by atoms with van der Waals surface area (Å²) in [5, 5.41) is 12.3. The molecule has 0 spiro atoms. The van der Waals surface area contributed by atoms with Crippen LogP contribution in [0.2, 0.25) is 5.02 Å². The molecule has 0 bridgehead atoms. The van der Waals surface area contributed by atoms with E-state index in [1.165, 1.54) is 0 Å². The van der Waals surface area contributed by atoms with E-state index < -0.39 is 0 Å². The second kappa shape index (κ2) is 6.69. The first-order valence-electron chi connectivity index (χ1n) is 7.03. The number of nitrogens with one attached hydrogen (secondary N) is 1. The van der Waals surface area contributed by atoms with Crippen LogP contribution in [0.1, 0.15) is 16.1 Å². The van der Waals surface area contributed by atoms with Gasteiger partial charge in [0.15, 0.2) is 0 Å². The van der Waals surface area contributed by atoms with Crippen molar-refractivity contribution < 1.29 is 14.3 Å². The Morgan fingerprint density at radius 3 is 2.65 bits per heavy atom. The van der Waals surface area contributed by atoms with Crippen LogP contribution in [0.25, 0.3) is 11.3 Å². The van der Waals surface area contributed by atoms with Gasteiger partial charge in [-0.3, -0.25) is 4.79 Å². The summed E-state index contributed by atoms with van der Waals surface area (Å²) >= 11 is 6.03. The molecule has 5 heteroatoms. The zero-order valence-corrected chi connectivity index (χ0v) is 12.9. The van der Waals surface area contributed by atoms with Gasteiger partial charge in [0, 0.05) is 11.3 Å². The number of benzene rings is 2. The largest absolute Gasteiger partial charge is 0.459 e. The zero-order chi connectivity index (χ0) is 16.2. The summed E-state index contributed by atoms with van der Waals surface area (Å²) in [6.07, 6.45) is 0. The van der Waals surface area contributed by atoms with Crippen LogP contribution < -0.4 is 5.32 Å². The predicted octanol–water partition coefficient (Wildman–Crippen LogP) is 4.34. The maximum atomic E-state index is 12.3. The molecule has 0 saturated carbocycles. The van der Waals surface area contributed by atoms with Crippen molar-refractivity contribution >= 4 is 23.2 Å². The molecule has 3 rings (SSSR count). The smallest absolute Gasteiger partial charge is 0.257 e. The first-order chi connectivity index (χ1) is 11.2. The number of anilines is 1. The SMILES string of the molecule is O=C(Nc1cccc(-c2ccc(CO)o2)c1)c1ccccc1Cl. The van der Waals surface area contributed by atoms with Crippen LogP contribution in [0.15, 0.2) is 65.1 Å². The van der Waals surface area contributed by atoms with Crippen LogP contribution in [-0.4, -0.2) is 11.0 Å². The summed E-state index contributed by atoms with van der Waals surface area (Å²) in [7, 11) is 0. The molecule has 116 valence electrons. The molecule has 3 aromatic rings. The zero-order valence-electron chi connectivity index (χ0n) is 12.1. The molecule has 0 fully saturated rings. The molecule has 1 aromatic heterocycles. The predicted molar refractivity (Wildman–Crippen MR) is 89.5 cm³/mol. The molecule has 1 amide bonds. The molecular weight excluding hydrogens is 314 g/mol. The van der Waals surface area contributed by atoms with Crippen molar-refractivity contribution in [1.29, 1.82) is 0 Å². The molecule has 4 nitrogen and oxygen atoms in total. The van der Waals surface area contributed by atoms with Crippen LogP contribution in [0.5, 0.6) is 0 Å². The number of carbonyl (C=O) groups is 1. The van der Waals surface area contributed by atoms with Gasteiger partial charge in [-0.25, -0.2) is 0 Å². The Hall–Kier alpha value is -2.56. The summed E-state index contributed by atoms with van der Waals surface area (Å²) in [4.78, 5) is 12.3. The Labute approximate surface area is 138 Å². The fourth-order valence-electron chi connectivity index (χ4n) is 2.21. The van der Waals surface area contributed by atoms with Gasteiger partial charge in [0.1, 0.15) is 18.1 Å². The normalized spacial score (nSPS) is 10.5. The lowest BCUT2D eigenvalue weighted by Crippen LogP contribution is -2.12. The monoisotopic (exact) mass is 327 g/mol. The number of amides is 1. The Bertz CT molecular complexity index is 842. The quantitative estimate of drug-likeness (QED) is 0.749. The first-order valence-corrected chi connectivity index (χ1v) is 7.41. The van der Waals surface area contributed by atoms with E-state index >= 15 is 0 Å². The number of halogens is 1. The van der Waals surface area contributed by atoms with Crippen LogP contribution in [0.4, 0.5) is 5.69 Å². The summed E-state index contributed by atoms with van der Waals surface area (Å²) < 4.78 is 5.50. The highest BCUT2D eigenvalue weighted by Gasteiger charge is 2.11. The van der Waals surface area contributed by atoms with Crippen LogP contribution in [-0.2, 0) is 6.61 Å². The summed E-state index contributed by atoms with van der Waals surface area (Å²) in [5.41, 5.74) is 1.86. The van der Waals surface area contributed by atoms with Gasteiger partial charge < -0.3 is 14.8 Å². The third-order valence-corrected chi connectivity index (χ3v) is 3.67. The van der Waals surface area contributed by atoms with E-state index in [0.29, 0.717) is 27.8 Å². The maximum Gasteiger partial charge on any atom is 0.257 e. The molecule has 0 aliphatic rings. The molecule has 0 radical (unpaired) electrons. The van der Waals surface area contributed by atoms with E-state index in [9.17, 15) is 4.79 Å². The molecule has 0 saturated heterocycles. The average Bonchev–Trinajstić information content (AvgIpc) is 3.04. The number of rotatable bonds is 4. The van der Waals surface area contributed by atoms with E-state index in [1.807, 2.05) is 12.1 Å². The van der Waals surface area contributed by atoms with Crippen molar-refractivity contribution in [2.45, 2.75) is 6.61 Å². The number of hydrogen-bond acceptors (Lipinski definition) is 3. The minimum absolute atomic E-state index is 0.150. The Morgan fingerprint density at radius 2 is 1.91 bits per heavy atom. The van der Waals surface area contributed by atoms with Gasteiger partial charge in [-0.1, -0.05) is 35.9 Å². The number of hydrogen-bond donors (Lipinski definition) is 2. The molecule has 0 aliphatic carbocycles. The van der Waals surface area contributed by atoms with Gasteiger partial charge in [-0.2, -0.15) is 0 Å². The molecule has 0 unspecified atom stereocenters. The number of furan rings is 1. The maximum absolute atomic E-state index is 12.3. The van der Waals surface area contributed by atoms with E-state index in [4.69, 9.17) is 21.1 Å². The van der Waals surface area contributed by atoms with Gasteiger partial charge >= 0.3 is 0 Å². The lowest BCUT2D eigenvalue weighted by atomic mass is 10.1. The van der Waals surface area contributed by atoms with Gasteiger partial charge in [0.2, 0.25) is 0 Å². The minimum atomic E-state index is -0.275. The molecule has 2 aromatic carbocycles. The topological polar surface area (TPSA) is 62.5 Å². The highest BCUT2D eigenvalue weighted by atomic mass is 35.5. The van der Waals surface area contributed by atoms with Gasteiger partial charge in [0.05, 0.1) is 10.6 Å². The number of aliphatic hydroxyl groups is 1. The van der Waals surface area contributed by atoms with Crippen molar-refractivity contribution in [3.8, 4) is 11.3 Å². The highest BCUT2D eigenvalue weighted by molar-refractivity contribution is 6.34. The highest BCUT2D eigenvalue weighted by Crippen LogP contribution is 2.25. The van der Waals surface area contributed by atoms with Crippen molar-refractivity contribution in [1.82, 2.24) is 0 Å². The van der Waals surface area contributed by atoms with E-state index in [1.54, 1.807) is 48.5 Å². The van der Waals surface area contributed by atoms with Crippen molar-refractivity contribution in [2.24, 2.45) is 0 Å².